The average Bonchev–Trinajstić information content (AvgIpc) is 3.08. The van der Waals surface area contributed by atoms with E-state index in [0.29, 0.717) is 43.1 Å². The van der Waals surface area contributed by atoms with Gasteiger partial charge >= 0.3 is 0 Å². The van der Waals surface area contributed by atoms with E-state index in [1.54, 1.807) is 25.3 Å². The second kappa shape index (κ2) is 11.9. The number of carbonyl (C=O) groups is 2. The number of aryl methyl sites for hydroxylation is 1. The molecule has 0 bridgehead atoms. The van der Waals surface area contributed by atoms with Gasteiger partial charge in [-0.1, -0.05) is 19.1 Å². The third kappa shape index (κ3) is 6.03. The molecular formula is C28H35NO6. The lowest BCUT2D eigenvalue weighted by molar-refractivity contribution is -0.140. The fourth-order valence-corrected chi connectivity index (χ4v) is 4.19. The molecule has 2 aromatic rings. The average molecular weight is 482 g/mol. The van der Waals surface area contributed by atoms with Crippen molar-refractivity contribution in [2.75, 3.05) is 26.9 Å². The molecule has 1 N–H and O–H groups in total. The maximum atomic E-state index is 13.2. The van der Waals surface area contributed by atoms with Crippen molar-refractivity contribution in [1.29, 1.82) is 0 Å². The minimum Gasteiger partial charge on any atom is -0.507 e. The Kier molecular flexibility index (Phi) is 8.93. The summed E-state index contributed by atoms with van der Waals surface area (Å²) in [5.74, 6) is -0.193. The van der Waals surface area contributed by atoms with Crippen LogP contribution in [-0.4, -0.2) is 54.7 Å². The maximum absolute atomic E-state index is 13.2. The van der Waals surface area contributed by atoms with Crippen molar-refractivity contribution in [2.24, 2.45) is 0 Å². The van der Waals surface area contributed by atoms with Gasteiger partial charge in [-0.05, 0) is 75.1 Å². The van der Waals surface area contributed by atoms with Crippen LogP contribution in [0.3, 0.4) is 0 Å². The molecule has 1 atom stereocenters. The summed E-state index contributed by atoms with van der Waals surface area (Å²) in [7, 11) is 1.59. The SMILES string of the molecule is CCCOc1ccc(/C(O)=C2\C(=O)C(=O)N(CCCOC)C2c2cccc(OC(C)C)c2)cc1C. The summed E-state index contributed by atoms with van der Waals surface area (Å²) < 4.78 is 16.7. The summed E-state index contributed by atoms with van der Waals surface area (Å²) in [5, 5.41) is 11.3. The number of carbonyl (C=O) groups excluding carboxylic acids is 2. The molecule has 1 unspecified atom stereocenters. The van der Waals surface area contributed by atoms with Crippen LogP contribution >= 0.6 is 0 Å². The highest BCUT2D eigenvalue weighted by atomic mass is 16.5. The van der Waals surface area contributed by atoms with Gasteiger partial charge in [-0.2, -0.15) is 0 Å². The number of nitrogens with zero attached hydrogens (tertiary/aromatic N) is 1. The number of ether oxygens (including phenoxy) is 3. The molecule has 1 heterocycles. The van der Waals surface area contributed by atoms with E-state index in [1.807, 2.05) is 52.0 Å². The number of likely N-dealkylation sites (tertiary alicyclic amines) is 1. The lowest BCUT2D eigenvalue weighted by Crippen LogP contribution is -2.31. The third-order valence-corrected chi connectivity index (χ3v) is 5.74. The number of aliphatic hydroxyl groups excluding tert-OH is 1. The molecule has 35 heavy (non-hydrogen) atoms. The topological polar surface area (TPSA) is 85.3 Å². The fourth-order valence-electron chi connectivity index (χ4n) is 4.19. The molecule has 1 fully saturated rings. The number of methoxy groups -OCH3 is 1. The fraction of sp³-hybridized carbons (Fsp3) is 0.429. The Morgan fingerprint density at radius 3 is 2.54 bits per heavy atom. The summed E-state index contributed by atoms with van der Waals surface area (Å²) >= 11 is 0. The number of hydrogen-bond donors (Lipinski definition) is 1. The molecule has 7 nitrogen and oxygen atoms in total. The highest BCUT2D eigenvalue weighted by Crippen LogP contribution is 2.40. The van der Waals surface area contributed by atoms with E-state index in [2.05, 4.69) is 0 Å². The number of benzene rings is 2. The van der Waals surface area contributed by atoms with Gasteiger partial charge in [0.1, 0.15) is 17.3 Å². The molecule has 3 rings (SSSR count). The van der Waals surface area contributed by atoms with Crippen molar-refractivity contribution in [2.45, 2.75) is 52.7 Å². The first kappa shape index (κ1) is 26.3. The van der Waals surface area contributed by atoms with E-state index in [0.717, 1.165) is 17.7 Å². The van der Waals surface area contributed by atoms with Crippen LogP contribution in [-0.2, 0) is 14.3 Å². The molecule has 188 valence electrons. The Labute approximate surface area is 207 Å². The molecule has 0 aliphatic carbocycles. The summed E-state index contributed by atoms with van der Waals surface area (Å²) in [6.07, 6.45) is 1.41. The van der Waals surface area contributed by atoms with Crippen LogP contribution in [0.1, 0.15) is 56.3 Å². The van der Waals surface area contributed by atoms with Gasteiger partial charge in [0.25, 0.3) is 11.7 Å². The van der Waals surface area contributed by atoms with Crippen molar-refractivity contribution < 1.29 is 28.9 Å². The van der Waals surface area contributed by atoms with Crippen LogP contribution < -0.4 is 9.47 Å². The van der Waals surface area contributed by atoms with Crippen molar-refractivity contribution in [3.05, 3.63) is 64.7 Å². The third-order valence-electron chi connectivity index (χ3n) is 5.74. The molecule has 7 heteroatoms. The number of rotatable bonds is 11. The molecule has 0 radical (unpaired) electrons. The predicted octanol–water partition coefficient (Wildman–Crippen LogP) is 5.03. The molecule has 1 saturated heterocycles. The van der Waals surface area contributed by atoms with E-state index in [4.69, 9.17) is 14.2 Å². The summed E-state index contributed by atoms with van der Waals surface area (Å²) in [6.45, 7) is 9.13. The van der Waals surface area contributed by atoms with Crippen molar-refractivity contribution in [1.82, 2.24) is 4.90 Å². The van der Waals surface area contributed by atoms with Gasteiger partial charge in [-0.3, -0.25) is 9.59 Å². The number of amides is 1. The minimum atomic E-state index is -0.737. The van der Waals surface area contributed by atoms with Crippen LogP contribution in [0.2, 0.25) is 0 Å². The molecule has 2 aromatic carbocycles. The molecular weight excluding hydrogens is 446 g/mol. The Bertz CT molecular complexity index is 1090. The Morgan fingerprint density at radius 2 is 1.89 bits per heavy atom. The number of ketones is 1. The maximum Gasteiger partial charge on any atom is 0.295 e. The van der Waals surface area contributed by atoms with Gasteiger partial charge in [-0.15, -0.1) is 0 Å². The van der Waals surface area contributed by atoms with Gasteiger partial charge in [-0.25, -0.2) is 0 Å². The van der Waals surface area contributed by atoms with Crippen LogP contribution in [0.5, 0.6) is 11.5 Å². The lowest BCUT2D eigenvalue weighted by Gasteiger charge is -2.26. The number of hydrogen-bond acceptors (Lipinski definition) is 6. The van der Waals surface area contributed by atoms with Gasteiger partial charge in [0.2, 0.25) is 0 Å². The van der Waals surface area contributed by atoms with E-state index in [1.165, 1.54) is 4.90 Å². The first-order valence-electron chi connectivity index (χ1n) is 12.1. The Hall–Kier alpha value is -3.32. The van der Waals surface area contributed by atoms with Gasteiger partial charge < -0.3 is 24.2 Å². The van der Waals surface area contributed by atoms with Gasteiger partial charge in [0.15, 0.2) is 0 Å². The van der Waals surface area contributed by atoms with E-state index in [-0.39, 0.29) is 17.4 Å². The van der Waals surface area contributed by atoms with Crippen molar-refractivity contribution >= 4 is 17.4 Å². The largest absolute Gasteiger partial charge is 0.507 e. The Morgan fingerprint density at radius 1 is 1.11 bits per heavy atom. The molecule has 1 aliphatic heterocycles. The standard InChI is InChI=1S/C28H35NO6/c1-6-14-34-23-12-11-21(16-19(23)4)26(30)24-25(20-9-7-10-22(17-20)35-18(2)3)29(13-8-15-33-5)28(32)27(24)31/h7,9-12,16-18,25,30H,6,8,13-15H2,1-5H3/b26-24+. The van der Waals surface area contributed by atoms with Gasteiger partial charge in [0.05, 0.1) is 24.3 Å². The molecule has 0 aromatic heterocycles. The minimum absolute atomic E-state index is 0.0327. The zero-order valence-electron chi connectivity index (χ0n) is 21.2. The van der Waals surface area contributed by atoms with Crippen LogP contribution in [0.25, 0.3) is 5.76 Å². The normalized spacial score (nSPS) is 17.3. The van der Waals surface area contributed by atoms with Crippen molar-refractivity contribution in [3.63, 3.8) is 0 Å². The lowest BCUT2D eigenvalue weighted by atomic mass is 9.94. The quantitative estimate of drug-likeness (QED) is 0.210. The second-order valence-corrected chi connectivity index (χ2v) is 8.91. The van der Waals surface area contributed by atoms with Crippen LogP contribution in [0.4, 0.5) is 0 Å². The molecule has 0 spiro atoms. The zero-order valence-corrected chi connectivity index (χ0v) is 21.2. The summed E-state index contributed by atoms with van der Waals surface area (Å²) in [4.78, 5) is 27.8. The van der Waals surface area contributed by atoms with E-state index >= 15 is 0 Å². The monoisotopic (exact) mass is 481 g/mol. The highest BCUT2D eigenvalue weighted by Gasteiger charge is 2.45. The summed E-state index contributed by atoms with van der Waals surface area (Å²) in [5.41, 5.74) is 2.05. The van der Waals surface area contributed by atoms with Gasteiger partial charge in [0, 0.05) is 25.8 Å². The predicted molar refractivity (Wildman–Crippen MR) is 135 cm³/mol. The first-order valence-corrected chi connectivity index (χ1v) is 12.1. The number of aliphatic hydroxyl groups is 1. The van der Waals surface area contributed by atoms with Crippen LogP contribution in [0, 0.1) is 6.92 Å². The van der Waals surface area contributed by atoms with Crippen molar-refractivity contribution in [3.8, 4) is 11.5 Å². The summed E-state index contributed by atoms with van der Waals surface area (Å²) in [6, 6.07) is 11.8. The Balaban J connectivity index is 2.09. The van der Waals surface area contributed by atoms with E-state index in [9.17, 15) is 14.7 Å². The molecule has 1 amide bonds. The molecule has 0 saturated carbocycles. The number of Topliss-reactive ketones (excluding diaryl/α,β-unsaturated/α-hetero) is 1. The van der Waals surface area contributed by atoms with E-state index < -0.39 is 17.7 Å². The highest BCUT2D eigenvalue weighted by molar-refractivity contribution is 6.46. The first-order chi connectivity index (χ1) is 16.8. The smallest absolute Gasteiger partial charge is 0.295 e. The van der Waals surface area contributed by atoms with Crippen LogP contribution in [0.15, 0.2) is 48.0 Å². The second-order valence-electron chi connectivity index (χ2n) is 8.91. The molecule has 1 aliphatic rings. The zero-order chi connectivity index (χ0) is 25.5.